The highest BCUT2D eigenvalue weighted by Gasteiger charge is 2.23. The zero-order chi connectivity index (χ0) is 15.0. The van der Waals surface area contributed by atoms with E-state index in [1.54, 1.807) is 24.0 Å². The minimum Gasteiger partial charge on any atom is -0.275 e. The highest BCUT2D eigenvalue weighted by molar-refractivity contribution is 7.89. The second-order valence-corrected chi connectivity index (χ2v) is 7.61. The molecule has 0 aliphatic heterocycles. The van der Waals surface area contributed by atoms with Crippen LogP contribution >= 0.6 is 0 Å². The molecule has 0 saturated heterocycles. The summed E-state index contributed by atoms with van der Waals surface area (Å²) in [6.07, 6.45) is 6.67. The highest BCUT2D eigenvalue weighted by atomic mass is 32.2. The van der Waals surface area contributed by atoms with E-state index in [2.05, 4.69) is 5.10 Å². The average molecular weight is 305 g/mol. The van der Waals surface area contributed by atoms with Crippen molar-refractivity contribution in [3.05, 3.63) is 47.3 Å². The summed E-state index contributed by atoms with van der Waals surface area (Å²) in [6, 6.07) is 5.50. The van der Waals surface area contributed by atoms with Gasteiger partial charge in [-0.2, -0.15) is 9.40 Å². The molecule has 0 fully saturated rings. The van der Waals surface area contributed by atoms with Crippen molar-refractivity contribution in [3.8, 4) is 0 Å². The van der Waals surface area contributed by atoms with Gasteiger partial charge in [0.2, 0.25) is 10.0 Å². The van der Waals surface area contributed by atoms with Crippen LogP contribution in [0, 0.1) is 0 Å². The Bertz CT molecular complexity index is 765. The van der Waals surface area contributed by atoms with Crippen molar-refractivity contribution in [2.75, 3.05) is 7.05 Å². The van der Waals surface area contributed by atoms with E-state index >= 15 is 0 Å². The first-order valence-electron chi connectivity index (χ1n) is 7.02. The van der Waals surface area contributed by atoms with E-state index < -0.39 is 10.0 Å². The zero-order valence-electron chi connectivity index (χ0n) is 12.3. The summed E-state index contributed by atoms with van der Waals surface area (Å²) in [4.78, 5) is 0.384. The molecular formula is C15H19N3O2S. The van der Waals surface area contributed by atoms with E-state index in [4.69, 9.17) is 0 Å². The molecule has 1 aromatic heterocycles. The van der Waals surface area contributed by atoms with Gasteiger partial charge >= 0.3 is 0 Å². The van der Waals surface area contributed by atoms with Crippen molar-refractivity contribution in [1.82, 2.24) is 14.1 Å². The molecule has 2 aromatic rings. The predicted octanol–water partition coefficient (Wildman–Crippen LogP) is 1.73. The number of hydrogen-bond acceptors (Lipinski definition) is 3. The number of aryl methyl sites for hydroxylation is 3. The van der Waals surface area contributed by atoms with Crippen LogP contribution in [0.5, 0.6) is 0 Å². The third-order valence-corrected chi connectivity index (χ3v) is 5.74. The number of aromatic nitrogens is 2. The maximum absolute atomic E-state index is 12.6. The van der Waals surface area contributed by atoms with Crippen LogP contribution in [0.1, 0.15) is 23.1 Å². The number of sulfonamides is 1. The molecule has 3 rings (SSSR count). The second-order valence-electron chi connectivity index (χ2n) is 5.57. The van der Waals surface area contributed by atoms with Crippen molar-refractivity contribution in [3.63, 3.8) is 0 Å². The lowest BCUT2D eigenvalue weighted by Gasteiger charge is -2.17. The van der Waals surface area contributed by atoms with Gasteiger partial charge in [0.1, 0.15) is 0 Å². The van der Waals surface area contributed by atoms with Gasteiger partial charge in [-0.3, -0.25) is 4.68 Å². The van der Waals surface area contributed by atoms with Crippen LogP contribution in [0.3, 0.4) is 0 Å². The Morgan fingerprint density at radius 3 is 2.76 bits per heavy atom. The van der Waals surface area contributed by atoms with Gasteiger partial charge < -0.3 is 0 Å². The van der Waals surface area contributed by atoms with Gasteiger partial charge in [-0.25, -0.2) is 8.42 Å². The number of fused-ring (bicyclic) bond motifs is 1. The maximum atomic E-state index is 12.6. The summed E-state index contributed by atoms with van der Waals surface area (Å²) >= 11 is 0. The van der Waals surface area contributed by atoms with E-state index in [1.165, 1.54) is 15.4 Å². The molecule has 0 radical (unpaired) electrons. The molecule has 0 N–H and O–H groups in total. The molecule has 1 aromatic carbocycles. The van der Waals surface area contributed by atoms with Gasteiger partial charge in [-0.15, -0.1) is 0 Å². The number of benzene rings is 1. The molecule has 112 valence electrons. The normalized spacial score (nSPS) is 14.6. The Hall–Kier alpha value is -1.66. The fraction of sp³-hybridized carbons (Fsp3) is 0.400. The Kier molecular flexibility index (Phi) is 3.59. The van der Waals surface area contributed by atoms with Crippen molar-refractivity contribution in [2.24, 2.45) is 7.05 Å². The van der Waals surface area contributed by atoms with Gasteiger partial charge in [0.15, 0.2) is 0 Å². The first-order valence-corrected chi connectivity index (χ1v) is 8.46. The molecule has 0 unspecified atom stereocenters. The second kappa shape index (κ2) is 5.27. The minimum atomic E-state index is -3.45. The molecule has 5 nitrogen and oxygen atoms in total. The number of hydrogen-bond donors (Lipinski definition) is 0. The molecule has 0 spiro atoms. The lowest BCUT2D eigenvalue weighted by atomic mass is 10.1. The zero-order valence-corrected chi connectivity index (χ0v) is 13.1. The van der Waals surface area contributed by atoms with Crippen LogP contribution in [-0.4, -0.2) is 29.6 Å². The van der Waals surface area contributed by atoms with Crippen molar-refractivity contribution < 1.29 is 8.42 Å². The van der Waals surface area contributed by atoms with Crippen LogP contribution in [-0.2, 0) is 36.5 Å². The van der Waals surface area contributed by atoms with E-state index in [1.807, 2.05) is 25.4 Å². The van der Waals surface area contributed by atoms with Crippen molar-refractivity contribution >= 4 is 10.0 Å². The molecular weight excluding hydrogens is 286 g/mol. The average Bonchev–Trinajstić information content (AvgIpc) is 3.06. The van der Waals surface area contributed by atoms with Gasteiger partial charge in [0.25, 0.3) is 0 Å². The van der Waals surface area contributed by atoms with E-state index in [0.717, 1.165) is 24.8 Å². The lowest BCUT2D eigenvalue weighted by molar-refractivity contribution is 0.466. The molecule has 6 heteroatoms. The van der Waals surface area contributed by atoms with Gasteiger partial charge in [-0.05, 0) is 42.5 Å². The Balaban J connectivity index is 1.85. The molecule has 21 heavy (non-hydrogen) atoms. The predicted molar refractivity (Wildman–Crippen MR) is 80.3 cm³/mol. The fourth-order valence-corrected chi connectivity index (χ4v) is 3.99. The molecule has 0 amide bonds. The Morgan fingerprint density at radius 1 is 1.29 bits per heavy atom. The Morgan fingerprint density at radius 2 is 2.05 bits per heavy atom. The minimum absolute atomic E-state index is 0.327. The summed E-state index contributed by atoms with van der Waals surface area (Å²) in [5.41, 5.74) is 3.33. The van der Waals surface area contributed by atoms with Gasteiger partial charge in [-0.1, -0.05) is 6.07 Å². The smallest absolute Gasteiger partial charge is 0.243 e. The van der Waals surface area contributed by atoms with Gasteiger partial charge in [0, 0.05) is 32.4 Å². The largest absolute Gasteiger partial charge is 0.275 e. The maximum Gasteiger partial charge on any atom is 0.243 e. The molecule has 1 aliphatic rings. The van der Waals surface area contributed by atoms with E-state index in [9.17, 15) is 8.42 Å². The summed E-state index contributed by atoms with van der Waals surface area (Å²) in [5, 5.41) is 4.07. The monoisotopic (exact) mass is 305 g/mol. The quantitative estimate of drug-likeness (QED) is 0.864. The lowest BCUT2D eigenvalue weighted by Crippen LogP contribution is -2.26. The molecule has 0 saturated carbocycles. The van der Waals surface area contributed by atoms with E-state index in [-0.39, 0.29) is 0 Å². The number of rotatable bonds is 4. The molecule has 0 bridgehead atoms. The van der Waals surface area contributed by atoms with Crippen molar-refractivity contribution in [2.45, 2.75) is 30.7 Å². The van der Waals surface area contributed by atoms with Crippen LogP contribution in [0.4, 0.5) is 0 Å². The summed E-state index contributed by atoms with van der Waals surface area (Å²) in [7, 11) is -0.0285. The topological polar surface area (TPSA) is 55.2 Å². The molecule has 1 heterocycles. The summed E-state index contributed by atoms with van der Waals surface area (Å²) < 4.78 is 28.3. The van der Waals surface area contributed by atoms with Crippen LogP contribution in [0.2, 0.25) is 0 Å². The SMILES string of the molecule is CN(Cc1cnn(C)c1)S(=O)(=O)c1ccc2c(c1)CCC2. The van der Waals surface area contributed by atoms with Crippen LogP contribution in [0.15, 0.2) is 35.5 Å². The van der Waals surface area contributed by atoms with Crippen LogP contribution in [0.25, 0.3) is 0 Å². The highest BCUT2D eigenvalue weighted by Crippen LogP contribution is 2.26. The fourth-order valence-electron chi connectivity index (χ4n) is 2.78. The molecule has 0 atom stereocenters. The number of nitrogens with zero attached hydrogens (tertiary/aromatic N) is 3. The first kappa shape index (κ1) is 14.3. The summed E-state index contributed by atoms with van der Waals surface area (Å²) in [5.74, 6) is 0. The third kappa shape index (κ3) is 2.73. The van der Waals surface area contributed by atoms with Gasteiger partial charge in [0.05, 0.1) is 11.1 Å². The Labute approximate surface area is 125 Å². The van der Waals surface area contributed by atoms with Crippen molar-refractivity contribution in [1.29, 1.82) is 0 Å². The summed E-state index contributed by atoms with van der Waals surface area (Å²) in [6.45, 7) is 0.327. The first-order chi connectivity index (χ1) is 9.96. The third-order valence-electron chi connectivity index (χ3n) is 3.94. The van der Waals surface area contributed by atoms with Crippen LogP contribution < -0.4 is 0 Å². The molecule has 1 aliphatic carbocycles. The van der Waals surface area contributed by atoms with E-state index in [0.29, 0.717) is 11.4 Å². The standard InChI is InChI=1S/C15H19N3O2S/c1-17-10-12(9-16-17)11-18(2)21(19,20)15-7-6-13-4-3-5-14(13)8-15/h6-10H,3-5,11H2,1-2H3.